The molecule has 186 valence electrons. The summed E-state index contributed by atoms with van der Waals surface area (Å²) in [4.78, 5) is 18.0. The summed E-state index contributed by atoms with van der Waals surface area (Å²) >= 11 is 1.29. The number of hydrogen-bond acceptors (Lipinski definition) is 6. The van der Waals surface area contributed by atoms with Crippen LogP contribution in [0.3, 0.4) is 0 Å². The number of pyridine rings is 1. The van der Waals surface area contributed by atoms with Crippen molar-refractivity contribution in [2.45, 2.75) is 25.8 Å². The lowest BCUT2D eigenvalue weighted by Gasteiger charge is -2.14. The van der Waals surface area contributed by atoms with Gasteiger partial charge in [-0.1, -0.05) is 30.0 Å². The molecule has 0 bridgehead atoms. The van der Waals surface area contributed by atoms with Crippen LogP contribution in [-0.2, 0) is 0 Å². The maximum atomic E-state index is 13.2. The highest BCUT2D eigenvalue weighted by atomic mass is 32.2. The van der Waals surface area contributed by atoms with Gasteiger partial charge >= 0.3 is 0 Å². The highest BCUT2D eigenvalue weighted by Crippen LogP contribution is 2.35. The van der Waals surface area contributed by atoms with Crippen LogP contribution in [0, 0.1) is 32.1 Å². The molecule has 37 heavy (non-hydrogen) atoms. The first-order valence-electron chi connectivity index (χ1n) is 11.8. The van der Waals surface area contributed by atoms with Gasteiger partial charge in [-0.2, -0.15) is 5.26 Å². The molecule has 0 atom stereocenters. The number of nitrogens with zero attached hydrogens (tertiary/aromatic N) is 2. The molecule has 5 nitrogen and oxygen atoms in total. The van der Waals surface area contributed by atoms with E-state index in [0.717, 1.165) is 44.9 Å². The van der Waals surface area contributed by atoms with E-state index < -0.39 is 0 Å². The SMILES string of the molecule is COc1ccc(-c2cc(-c3ccc(OC)cc3)c(C#N)c(SCC(=O)c3cc(C)c(C)cc3C)n2)cc1. The quantitative estimate of drug-likeness (QED) is 0.185. The smallest absolute Gasteiger partial charge is 0.173 e. The van der Waals surface area contributed by atoms with Crippen LogP contribution in [0.2, 0.25) is 0 Å². The van der Waals surface area contributed by atoms with Crippen LogP contribution in [-0.4, -0.2) is 30.7 Å². The van der Waals surface area contributed by atoms with Crippen molar-refractivity contribution >= 4 is 17.5 Å². The van der Waals surface area contributed by atoms with E-state index in [-0.39, 0.29) is 11.5 Å². The van der Waals surface area contributed by atoms with Gasteiger partial charge in [0.1, 0.15) is 22.6 Å². The van der Waals surface area contributed by atoms with E-state index in [2.05, 4.69) is 6.07 Å². The van der Waals surface area contributed by atoms with E-state index in [1.54, 1.807) is 14.2 Å². The summed E-state index contributed by atoms with van der Waals surface area (Å²) in [5, 5.41) is 10.7. The van der Waals surface area contributed by atoms with E-state index in [0.29, 0.717) is 21.8 Å². The average Bonchev–Trinajstić information content (AvgIpc) is 2.93. The molecule has 6 heteroatoms. The van der Waals surface area contributed by atoms with E-state index >= 15 is 0 Å². The number of methoxy groups -OCH3 is 2. The summed E-state index contributed by atoms with van der Waals surface area (Å²) < 4.78 is 10.6. The first-order chi connectivity index (χ1) is 17.8. The maximum Gasteiger partial charge on any atom is 0.173 e. The monoisotopic (exact) mass is 508 g/mol. The molecule has 0 N–H and O–H groups in total. The van der Waals surface area contributed by atoms with Crippen molar-refractivity contribution in [2.24, 2.45) is 0 Å². The van der Waals surface area contributed by atoms with Crippen molar-refractivity contribution in [3.8, 4) is 40.0 Å². The van der Waals surface area contributed by atoms with E-state index in [4.69, 9.17) is 14.5 Å². The number of ether oxygens (including phenoxy) is 2. The van der Waals surface area contributed by atoms with Gasteiger partial charge in [0.25, 0.3) is 0 Å². The van der Waals surface area contributed by atoms with E-state index in [1.807, 2.05) is 87.5 Å². The largest absolute Gasteiger partial charge is 0.497 e. The number of nitriles is 1. The highest BCUT2D eigenvalue weighted by molar-refractivity contribution is 8.00. The zero-order valence-electron chi connectivity index (χ0n) is 21.6. The Balaban J connectivity index is 1.77. The first-order valence-corrected chi connectivity index (χ1v) is 12.8. The van der Waals surface area contributed by atoms with Gasteiger partial charge in [0.15, 0.2) is 5.78 Å². The molecule has 0 aliphatic heterocycles. The summed E-state index contributed by atoms with van der Waals surface area (Å²) in [5.41, 5.74) is 7.56. The summed E-state index contributed by atoms with van der Waals surface area (Å²) in [6.07, 6.45) is 0. The fourth-order valence-electron chi connectivity index (χ4n) is 4.11. The second kappa shape index (κ2) is 11.3. The Bertz CT molecular complexity index is 1490. The Labute approximate surface area is 222 Å². The zero-order chi connectivity index (χ0) is 26.5. The number of benzene rings is 3. The lowest BCUT2D eigenvalue weighted by Crippen LogP contribution is -2.07. The molecular formula is C31H28N2O3S. The third-order valence-electron chi connectivity index (χ3n) is 6.37. The zero-order valence-corrected chi connectivity index (χ0v) is 22.4. The van der Waals surface area contributed by atoms with Gasteiger partial charge in [-0.3, -0.25) is 4.79 Å². The fourth-order valence-corrected chi connectivity index (χ4v) is 5.00. The maximum absolute atomic E-state index is 13.2. The minimum absolute atomic E-state index is 0.0112. The molecule has 4 rings (SSSR count). The lowest BCUT2D eigenvalue weighted by molar-refractivity contribution is 0.102. The summed E-state index contributed by atoms with van der Waals surface area (Å²) in [5.74, 6) is 1.67. The van der Waals surface area contributed by atoms with Gasteiger partial charge in [-0.05, 0) is 91.6 Å². The number of carbonyl (C=O) groups is 1. The van der Waals surface area contributed by atoms with Gasteiger partial charge in [-0.25, -0.2) is 4.98 Å². The molecule has 0 radical (unpaired) electrons. The number of ketones is 1. The Morgan fingerprint density at radius 2 is 1.41 bits per heavy atom. The molecule has 1 aromatic heterocycles. The fraction of sp³-hybridized carbons (Fsp3) is 0.194. The number of hydrogen-bond donors (Lipinski definition) is 0. The molecule has 0 fully saturated rings. The molecule has 0 saturated heterocycles. The molecule has 0 unspecified atom stereocenters. The normalized spacial score (nSPS) is 10.6. The van der Waals surface area contributed by atoms with E-state index in [9.17, 15) is 10.1 Å². The predicted molar refractivity (Wildman–Crippen MR) is 149 cm³/mol. The topological polar surface area (TPSA) is 72.2 Å². The number of aromatic nitrogens is 1. The third kappa shape index (κ3) is 5.68. The number of carbonyl (C=O) groups excluding carboxylic acids is 1. The molecule has 3 aromatic carbocycles. The molecule has 1 heterocycles. The first kappa shape index (κ1) is 26.0. The summed E-state index contributed by atoms with van der Waals surface area (Å²) in [7, 11) is 3.24. The summed E-state index contributed by atoms with van der Waals surface area (Å²) in [6.45, 7) is 6.00. The molecule has 0 amide bonds. The van der Waals surface area contributed by atoms with Crippen LogP contribution >= 0.6 is 11.8 Å². The molecule has 0 aliphatic carbocycles. The van der Waals surface area contributed by atoms with Gasteiger partial charge < -0.3 is 9.47 Å². The molecule has 0 spiro atoms. The van der Waals surface area contributed by atoms with Crippen LogP contribution in [0.15, 0.2) is 71.8 Å². The lowest BCUT2D eigenvalue weighted by atomic mass is 9.99. The Kier molecular flexibility index (Phi) is 7.95. The van der Waals surface area contributed by atoms with Crippen molar-refractivity contribution in [2.75, 3.05) is 20.0 Å². The number of aryl methyl sites for hydroxylation is 3. The van der Waals surface area contributed by atoms with Crippen LogP contribution in [0.4, 0.5) is 0 Å². The van der Waals surface area contributed by atoms with Crippen molar-refractivity contribution in [3.63, 3.8) is 0 Å². The minimum Gasteiger partial charge on any atom is -0.497 e. The Hall–Kier alpha value is -4.08. The molecule has 0 aliphatic rings. The summed E-state index contributed by atoms with van der Waals surface area (Å²) in [6, 6.07) is 23.4. The van der Waals surface area contributed by atoms with Crippen molar-refractivity contribution < 1.29 is 14.3 Å². The van der Waals surface area contributed by atoms with Gasteiger partial charge in [-0.15, -0.1) is 0 Å². The van der Waals surface area contributed by atoms with Gasteiger partial charge in [0, 0.05) is 16.7 Å². The van der Waals surface area contributed by atoms with Crippen LogP contribution in [0.25, 0.3) is 22.4 Å². The standard InChI is InChI=1S/C31H28N2O3S/c1-19-14-21(3)26(15-20(19)2)30(34)18-37-31-28(17-32)27(22-6-10-24(35-4)11-7-22)16-29(33-31)23-8-12-25(36-5)13-9-23/h6-16H,18H2,1-5H3. The second-order valence-electron chi connectivity index (χ2n) is 8.77. The third-order valence-corrected chi connectivity index (χ3v) is 7.34. The average molecular weight is 509 g/mol. The second-order valence-corrected chi connectivity index (χ2v) is 9.73. The van der Waals surface area contributed by atoms with Gasteiger partial charge in [0.05, 0.1) is 31.2 Å². The molecule has 4 aromatic rings. The van der Waals surface area contributed by atoms with Crippen LogP contribution in [0.5, 0.6) is 11.5 Å². The Morgan fingerprint density at radius 3 is 1.97 bits per heavy atom. The predicted octanol–water partition coefficient (Wildman–Crippen LogP) is 7.20. The number of rotatable bonds is 8. The number of Topliss-reactive ketones (excluding diaryl/α,β-unsaturated/α-hetero) is 1. The highest BCUT2D eigenvalue weighted by Gasteiger charge is 2.19. The van der Waals surface area contributed by atoms with Crippen molar-refractivity contribution in [3.05, 3.63) is 94.5 Å². The van der Waals surface area contributed by atoms with Gasteiger partial charge in [0.2, 0.25) is 0 Å². The minimum atomic E-state index is 0.0112. The van der Waals surface area contributed by atoms with Crippen molar-refractivity contribution in [1.82, 2.24) is 4.98 Å². The van der Waals surface area contributed by atoms with Crippen LogP contribution in [0.1, 0.15) is 32.6 Å². The molecule has 0 saturated carbocycles. The van der Waals surface area contributed by atoms with Crippen LogP contribution < -0.4 is 9.47 Å². The van der Waals surface area contributed by atoms with E-state index in [1.165, 1.54) is 11.8 Å². The Morgan fingerprint density at radius 1 is 0.838 bits per heavy atom. The number of thioether (sulfide) groups is 1. The molecular weight excluding hydrogens is 480 g/mol. The van der Waals surface area contributed by atoms with Crippen molar-refractivity contribution in [1.29, 1.82) is 5.26 Å².